The molecule has 0 radical (unpaired) electrons. The van der Waals surface area contributed by atoms with E-state index in [0.29, 0.717) is 16.6 Å². The molecule has 2 aromatic rings. The number of benzene rings is 2. The molecule has 204 valence electrons. The van der Waals surface area contributed by atoms with Gasteiger partial charge in [0, 0.05) is 36.6 Å². The summed E-state index contributed by atoms with van der Waals surface area (Å²) >= 11 is 2.09. The van der Waals surface area contributed by atoms with Crippen LogP contribution in [0.25, 0.3) is 0 Å². The second-order valence-corrected chi connectivity index (χ2v) is 12.0. The fourth-order valence-electron chi connectivity index (χ4n) is 5.10. The zero-order chi connectivity index (χ0) is 25.7. The molecule has 0 aliphatic carbocycles. The molecular weight excluding hydrogens is 480 g/mol. The Morgan fingerprint density at radius 1 is 0.865 bits per heavy atom. The summed E-state index contributed by atoms with van der Waals surface area (Å²) in [6.45, 7) is 8.62. The van der Waals surface area contributed by atoms with Crippen LogP contribution in [0.4, 0.5) is 0 Å². The maximum atomic E-state index is 6.34. The minimum Gasteiger partial charge on any atom is -0.490 e. The molecule has 0 aromatic heterocycles. The highest BCUT2D eigenvalue weighted by Crippen LogP contribution is 2.44. The zero-order valence-electron chi connectivity index (χ0n) is 22.9. The first kappa shape index (κ1) is 28.5. The van der Waals surface area contributed by atoms with Gasteiger partial charge in [-0.05, 0) is 60.9 Å². The van der Waals surface area contributed by atoms with Gasteiger partial charge >= 0.3 is 0 Å². The van der Waals surface area contributed by atoms with Crippen LogP contribution in [0.15, 0.2) is 48.5 Å². The van der Waals surface area contributed by atoms with E-state index >= 15 is 0 Å². The van der Waals surface area contributed by atoms with Crippen LogP contribution in [-0.2, 0) is 20.6 Å². The standard InChI is InChI=1S/C32H46O4S/c1-3-5-16-34-24-31-22-30(35-17-6-4-2)23-32(37-31)27-9-7-8-26(21-27)20-25-10-12-28(13-11-25)36-29-14-18-33-19-15-29/h7-13,21,29-32H,3-6,14-20,22-24H2,1-2H3/t30?,31-,32+/m0/s1. The summed E-state index contributed by atoms with van der Waals surface area (Å²) in [7, 11) is 0. The molecule has 0 saturated carbocycles. The lowest BCUT2D eigenvalue weighted by molar-refractivity contribution is 0.0255. The first-order valence-electron chi connectivity index (χ1n) is 14.5. The SMILES string of the molecule is CCCCOC[C@@H]1CC(OCCCC)C[C@H](c2cccc(Cc3ccc(OC4CCOCC4)cc3)c2)S1. The van der Waals surface area contributed by atoms with Gasteiger partial charge in [0.15, 0.2) is 0 Å². The van der Waals surface area contributed by atoms with Gasteiger partial charge in [0.2, 0.25) is 0 Å². The minimum atomic E-state index is 0.278. The second kappa shape index (κ2) is 15.8. The molecule has 2 fully saturated rings. The normalized spacial score (nSPS) is 22.7. The second-order valence-electron chi connectivity index (χ2n) is 10.5. The van der Waals surface area contributed by atoms with E-state index in [4.69, 9.17) is 18.9 Å². The molecule has 4 nitrogen and oxygen atoms in total. The highest BCUT2D eigenvalue weighted by molar-refractivity contribution is 8.00. The maximum absolute atomic E-state index is 6.34. The van der Waals surface area contributed by atoms with Gasteiger partial charge in [0.25, 0.3) is 0 Å². The van der Waals surface area contributed by atoms with Gasteiger partial charge in [-0.3, -0.25) is 0 Å². The average molecular weight is 527 g/mol. The monoisotopic (exact) mass is 526 g/mol. The molecule has 2 aliphatic heterocycles. The number of hydrogen-bond donors (Lipinski definition) is 0. The van der Waals surface area contributed by atoms with Crippen LogP contribution in [0.5, 0.6) is 5.75 Å². The van der Waals surface area contributed by atoms with Crippen molar-refractivity contribution >= 4 is 11.8 Å². The Hall–Kier alpha value is -1.53. The molecule has 2 saturated heterocycles. The average Bonchev–Trinajstić information content (AvgIpc) is 2.93. The molecular formula is C32H46O4S. The zero-order valence-corrected chi connectivity index (χ0v) is 23.7. The van der Waals surface area contributed by atoms with Crippen LogP contribution < -0.4 is 4.74 Å². The Morgan fingerprint density at radius 3 is 2.43 bits per heavy atom. The third-order valence-electron chi connectivity index (χ3n) is 7.28. The van der Waals surface area contributed by atoms with Crippen LogP contribution in [0, 0.1) is 0 Å². The Bertz CT molecular complexity index is 896. The number of unbranched alkanes of at least 4 members (excludes halogenated alkanes) is 2. The van der Waals surface area contributed by atoms with Crippen molar-refractivity contribution in [1.82, 2.24) is 0 Å². The molecule has 0 bridgehead atoms. The molecule has 1 unspecified atom stereocenters. The summed E-state index contributed by atoms with van der Waals surface area (Å²) in [6.07, 6.45) is 10.3. The first-order chi connectivity index (χ1) is 18.2. The first-order valence-corrected chi connectivity index (χ1v) is 15.4. The molecule has 0 amide bonds. The lowest BCUT2D eigenvalue weighted by Crippen LogP contribution is -2.30. The summed E-state index contributed by atoms with van der Waals surface area (Å²) in [4.78, 5) is 0. The maximum Gasteiger partial charge on any atom is 0.119 e. The van der Waals surface area contributed by atoms with Crippen molar-refractivity contribution in [2.75, 3.05) is 33.0 Å². The molecule has 0 N–H and O–H groups in total. The Labute approximate surface area is 228 Å². The predicted molar refractivity (Wildman–Crippen MR) is 154 cm³/mol. The van der Waals surface area contributed by atoms with Crippen molar-refractivity contribution < 1.29 is 18.9 Å². The van der Waals surface area contributed by atoms with Gasteiger partial charge in [-0.1, -0.05) is 63.1 Å². The molecule has 2 aliphatic rings. The smallest absolute Gasteiger partial charge is 0.119 e. The lowest BCUT2D eigenvalue weighted by atomic mass is 9.98. The number of hydrogen-bond acceptors (Lipinski definition) is 5. The van der Waals surface area contributed by atoms with Crippen molar-refractivity contribution in [3.8, 4) is 5.75 Å². The fraction of sp³-hybridized carbons (Fsp3) is 0.625. The van der Waals surface area contributed by atoms with Crippen molar-refractivity contribution in [3.63, 3.8) is 0 Å². The Balaban J connectivity index is 1.36. The van der Waals surface area contributed by atoms with E-state index in [1.165, 1.54) is 29.5 Å². The summed E-state index contributed by atoms with van der Waals surface area (Å²) in [6, 6.07) is 17.8. The van der Waals surface area contributed by atoms with Crippen LogP contribution in [0.2, 0.25) is 0 Å². The predicted octanol–water partition coefficient (Wildman–Crippen LogP) is 7.77. The van der Waals surface area contributed by atoms with Gasteiger partial charge in [0.1, 0.15) is 11.9 Å². The van der Waals surface area contributed by atoms with Crippen molar-refractivity contribution in [2.24, 2.45) is 0 Å². The highest BCUT2D eigenvalue weighted by atomic mass is 32.2. The van der Waals surface area contributed by atoms with Gasteiger partial charge in [-0.2, -0.15) is 0 Å². The number of thioether (sulfide) groups is 1. The van der Waals surface area contributed by atoms with E-state index in [-0.39, 0.29) is 6.10 Å². The summed E-state index contributed by atoms with van der Waals surface area (Å²) in [5, 5.41) is 0.949. The van der Waals surface area contributed by atoms with E-state index in [0.717, 1.165) is 83.7 Å². The van der Waals surface area contributed by atoms with Gasteiger partial charge < -0.3 is 18.9 Å². The van der Waals surface area contributed by atoms with Crippen molar-refractivity contribution in [1.29, 1.82) is 0 Å². The highest BCUT2D eigenvalue weighted by Gasteiger charge is 2.31. The van der Waals surface area contributed by atoms with E-state index in [9.17, 15) is 0 Å². The molecule has 5 heteroatoms. The van der Waals surface area contributed by atoms with E-state index in [1.807, 2.05) is 0 Å². The van der Waals surface area contributed by atoms with Gasteiger partial charge in [0.05, 0.1) is 25.9 Å². The Morgan fingerprint density at radius 2 is 1.65 bits per heavy atom. The third kappa shape index (κ3) is 9.62. The van der Waals surface area contributed by atoms with Crippen molar-refractivity contribution in [3.05, 3.63) is 65.2 Å². The number of rotatable bonds is 14. The largest absolute Gasteiger partial charge is 0.490 e. The lowest BCUT2D eigenvalue weighted by Gasteiger charge is -2.35. The molecule has 0 spiro atoms. The van der Waals surface area contributed by atoms with E-state index in [2.05, 4.69) is 74.1 Å². The summed E-state index contributed by atoms with van der Waals surface area (Å²) in [5.74, 6) is 0.962. The van der Waals surface area contributed by atoms with Crippen LogP contribution >= 0.6 is 11.8 Å². The minimum absolute atomic E-state index is 0.278. The molecule has 2 heterocycles. The van der Waals surface area contributed by atoms with E-state index in [1.54, 1.807) is 0 Å². The van der Waals surface area contributed by atoms with Crippen LogP contribution in [-0.4, -0.2) is 50.5 Å². The molecule has 2 aromatic carbocycles. The third-order valence-corrected chi connectivity index (χ3v) is 8.79. The quantitative estimate of drug-likeness (QED) is 0.235. The van der Waals surface area contributed by atoms with Crippen LogP contribution in [0.1, 0.15) is 87.2 Å². The van der Waals surface area contributed by atoms with Gasteiger partial charge in [-0.25, -0.2) is 0 Å². The van der Waals surface area contributed by atoms with E-state index < -0.39 is 0 Å². The molecule has 3 atom stereocenters. The van der Waals surface area contributed by atoms with Crippen LogP contribution in [0.3, 0.4) is 0 Å². The molecule has 4 rings (SSSR count). The summed E-state index contributed by atoms with van der Waals surface area (Å²) in [5.41, 5.74) is 4.10. The van der Waals surface area contributed by atoms with Gasteiger partial charge in [-0.15, -0.1) is 11.8 Å². The summed E-state index contributed by atoms with van der Waals surface area (Å²) < 4.78 is 24.0. The Kier molecular flexibility index (Phi) is 12.1. The topological polar surface area (TPSA) is 36.9 Å². The van der Waals surface area contributed by atoms with Crippen molar-refractivity contribution in [2.45, 2.75) is 94.3 Å². The fourth-order valence-corrected chi connectivity index (χ4v) is 6.69. The molecule has 37 heavy (non-hydrogen) atoms. The number of ether oxygens (including phenoxy) is 4.